The number of methoxy groups -OCH3 is 1. The van der Waals surface area contributed by atoms with Gasteiger partial charge in [-0.2, -0.15) is 0 Å². The van der Waals surface area contributed by atoms with E-state index in [0.29, 0.717) is 30.7 Å². The molecule has 1 aromatic rings. The Morgan fingerprint density at radius 1 is 1.29 bits per heavy atom. The van der Waals surface area contributed by atoms with Crippen molar-refractivity contribution in [2.24, 2.45) is 17.2 Å². The van der Waals surface area contributed by atoms with E-state index in [4.69, 9.17) is 21.9 Å². The van der Waals surface area contributed by atoms with Gasteiger partial charge in [-0.15, -0.1) is 0 Å². The van der Waals surface area contributed by atoms with Crippen molar-refractivity contribution in [3.05, 3.63) is 29.8 Å². The van der Waals surface area contributed by atoms with Crippen LogP contribution in [0, 0.1) is 0 Å². The maximum atomic E-state index is 12.0. The second-order valence-electron chi connectivity index (χ2n) is 4.65. The van der Waals surface area contributed by atoms with Gasteiger partial charge in [-0.25, -0.2) is 0 Å². The molecule has 0 aliphatic rings. The maximum absolute atomic E-state index is 12.0. The van der Waals surface area contributed by atoms with Crippen molar-refractivity contribution in [2.75, 3.05) is 13.7 Å². The van der Waals surface area contributed by atoms with Gasteiger partial charge in [0.05, 0.1) is 13.2 Å². The number of nitrogens with one attached hydrogen (secondary N) is 1. The van der Waals surface area contributed by atoms with Crippen molar-refractivity contribution in [3.63, 3.8) is 0 Å². The molecule has 0 spiro atoms. The van der Waals surface area contributed by atoms with Crippen LogP contribution in [0.4, 0.5) is 0 Å². The van der Waals surface area contributed by atoms with Crippen molar-refractivity contribution in [1.82, 2.24) is 5.32 Å². The highest BCUT2D eigenvalue weighted by atomic mass is 16.5. The van der Waals surface area contributed by atoms with E-state index in [2.05, 4.69) is 5.32 Å². The molecule has 0 fully saturated rings. The Balaban J connectivity index is 2.77. The minimum Gasteiger partial charge on any atom is -0.497 e. The molecule has 0 bridgehead atoms. The number of benzene rings is 1. The monoisotopic (exact) mass is 294 g/mol. The number of ether oxygens (including phenoxy) is 1. The fourth-order valence-electron chi connectivity index (χ4n) is 1.83. The molecule has 0 aliphatic carbocycles. The topological polar surface area (TPSA) is 133 Å². The van der Waals surface area contributed by atoms with E-state index >= 15 is 0 Å². The van der Waals surface area contributed by atoms with Crippen LogP contribution in [0.15, 0.2) is 24.3 Å². The van der Waals surface area contributed by atoms with Crippen LogP contribution in [0.1, 0.15) is 24.4 Å². The number of carbonyl (C=O) groups is 2. The van der Waals surface area contributed by atoms with Crippen LogP contribution in [0.25, 0.3) is 0 Å². The Hall–Kier alpha value is -2.12. The average molecular weight is 294 g/mol. The van der Waals surface area contributed by atoms with Crippen LogP contribution < -0.4 is 27.3 Å². The highest BCUT2D eigenvalue weighted by Gasteiger charge is 2.23. The van der Waals surface area contributed by atoms with E-state index in [1.807, 2.05) is 0 Å². The summed E-state index contributed by atoms with van der Waals surface area (Å²) in [7, 11) is 1.54. The van der Waals surface area contributed by atoms with Gasteiger partial charge in [0.1, 0.15) is 11.8 Å². The van der Waals surface area contributed by atoms with Gasteiger partial charge >= 0.3 is 0 Å². The van der Waals surface area contributed by atoms with Crippen molar-refractivity contribution >= 4 is 11.8 Å². The zero-order valence-corrected chi connectivity index (χ0v) is 12.0. The lowest BCUT2D eigenvalue weighted by atomic mass is 10.0. The largest absolute Gasteiger partial charge is 0.497 e. The van der Waals surface area contributed by atoms with Crippen molar-refractivity contribution < 1.29 is 14.3 Å². The van der Waals surface area contributed by atoms with Gasteiger partial charge in [0.25, 0.3) is 0 Å². The Morgan fingerprint density at radius 2 is 1.90 bits per heavy atom. The summed E-state index contributed by atoms with van der Waals surface area (Å²) in [5, 5.41) is 2.56. The molecular formula is C14H22N4O3. The Kier molecular flexibility index (Phi) is 6.64. The SMILES string of the molecule is COc1ccc(C(NC(=O)[C@@H](N)CCCN)C(N)=O)cc1. The normalized spacial score (nSPS) is 13.3. The first-order chi connectivity index (χ1) is 9.99. The highest BCUT2D eigenvalue weighted by Crippen LogP contribution is 2.17. The summed E-state index contributed by atoms with van der Waals surface area (Å²) in [6.45, 7) is 0.457. The zero-order valence-electron chi connectivity index (χ0n) is 12.0. The summed E-state index contributed by atoms with van der Waals surface area (Å²) in [6.07, 6.45) is 1.09. The minimum atomic E-state index is -0.924. The van der Waals surface area contributed by atoms with Gasteiger partial charge in [-0.05, 0) is 37.1 Å². The van der Waals surface area contributed by atoms with Gasteiger partial charge < -0.3 is 27.3 Å². The highest BCUT2D eigenvalue weighted by molar-refractivity contribution is 5.89. The number of hydrogen-bond donors (Lipinski definition) is 4. The van der Waals surface area contributed by atoms with Gasteiger partial charge in [0, 0.05) is 0 Å². The molecule has 1 unspecified atom stereocenters. The molecule has 1 rings (SSSR count). The summed E-state index contributed by atoms with van der Waals surface area (Å²) in [5.41, 5.74) is 17.0. The number of rotatable bonds is 8. The molecule has 7 heteroatoms. The second kappa shape index (κ2) is 8.23. The fraction of sp³-hybridized carbons (Fsp3) is 0.429. The third-order valence-electron chi connectivity index (χ3n) is 3.08. The van der Waals surface area contributed by atoms with E-state index in [-0.39, 0.29) is 0 Å². The summed E-state index contributed by atoms with van der Waals surface area (Å²) >= 11 is 0. The molecule has 0 aliphatic heterocycles. The van der Waals surface area contributed by atoms with E-state index in [1.54, 1.807) is 31.4 Å². The first-order valence-corrected chi connectivity index (χ1v) is 6.69. The lowest BCUT2D eigenvalue weighted by molar-refractivity contribution is -0.128. The zero-order chi connectivity index (χ0) is 15.8. The first kappa shape index (κ1) is 16.9. The van der Waals surface area contributed by atoms with Gasteiger partial charge in [-0.1, -0.05) is 12.1 Å². The number of amides is 2. The fourth-order valence-corrected chi connectivity index (χ4v) is 1.83. The van der Waals surface area contributed by atoms with Crippen LogP contribution in [0.5, 0.6) is 5.75 Å². The lowest BCUT2D eigenvalue weighted by Gasteiger charge is -2.19. The molecule has 116 valence electrons. The Labute approximate surface area is 123 Å². The molecule has 2 atom stereocenters. The van der Waals surface area contributed by atoms with Crippen molar-refractivity contribution in [3.8, 4) is 5.75 Å². The smallest absolute Gasteiger partial charge is 0.244 e. The maximum Gasteiger partial charge on any atom is 0.244 e. The molecule has 1 aromatic carbocycles. The average Bonchev–Trinajstić information content (AvgIpc) is 2.49. The minimum absolute atomic E-state index is 0.428. The van der Waals surface area contributed by atoms with Crippen molar-refractivity contribution in [2.45, 2.75) is 24.9 Å². The van der Waals surface area contributed by atoms with Crippen LogP contribution in [0.3, 0.4) is 0 Å². The van der Waals surface area contributed by atoms with Crippen molar-refractivity contribution in [1.29, 1.82) is 0 Å². The summed E-state index contributed by atoms with van der Waals surface area (Å²) in [5.74, 6) is -0.435. The molecule has 0 radical (unpaired) electrons. The molecule has 21 heavy (non-hydrogen) atoms. The number of nitrogens with two attached hydrogens (primary N) is 3. The summed E-state index contributed by atoms with van der Waals surface area (Å²) in [4.78, 5) is 23.5. The molecule has 0 saturated carbocycles. The third-order valence-corrected chi connectivity index (χ3v) is 3.08. The van der Waals surface area contributed by atoms with Gasteiger partial charge in [0.2, 0.25) is 11.8 Å². The molecule has 0 heterocycles. The standard InChI is InChI=1S/C14H22N4O3/c1-21-10-6-4-9(5-7-10)12(13(17)19)18-14(20)11(16)3-2-8-15/h4-7,11-12H,2-3,8,15-16H2,1H3,(H2,17,19)(H,18,20)/t11-,12?/m0/s1. The summed E-state index contributed by atoms with van der Waals surface area (Å²) < 4.78 is 5.04. The predicted molar refractivity (Wildman–Crippen MR) is 79.3 cm³/mol. The van der Waals surface area contributed by atoms with Crippen LogP contribution in [0.2, 0.25) is 0 Å². The number of primary amides is 1. The van der Waals surface area contributed by atoms with Gasteiger partial charge in [-0.3, -0.25) is 9.59 Å². The van der Waals surface area contributed by atoms with E-state index < -0.39 is 23.9 Å². The lowest BCUT2D eigenvalue weighted by Crippen LogP contribution is -2.45. The van der Waals surface area contributed by atoms with Crippen LogP contribution >= 0.6 is 0 Å². The molecular weight excluding hydrogens is 272 g/mol. The number of carbonyl (C=O) groups excluding carboxylic acids is 2. The Bertz CT molecular complexity index is 476. The predicted octanol–water partition coefficient (Wildman–Crippen LogP) is -0.596. The molecule has 2 amide bonds. The van der Waals surface area contributed by atoms with Crippen LogP contribution in [-0.4, -0.2) is 31.5 Å². The molecule has 0 saturated heterocycles. The van der Waals surface area contributed by atoms with E-state index in [0.717, 1.165) is 0 Å². The number of hydrogen-bond acceptors (Lipinski definition) is 5. The second-order valence-corrected chi connectivity index (χ2v) is 4.65. The van der Waals surface area contributed by atoms with Gasteiger partial charge in [0.15, 0.2) is 0 Å². The quantitative estimate of drug-likeness (QED) is 0.508. The molecule has 7 N–H and O–H groups in total. The first-order valence-electron chi connectivity index (χ1n) is 6.69. The van der Waals surface area contributed by atoms with Crippen LogP contribution in [-0.2, 0) is 9.59 Å². The molecule has 0 aromatic heterocycles. The summed E-state index contributed by atoms with van der Waals surface area (Å²) in [6, 6.07) is 5.07. The Morgan fingerprint density at radius 3 is 2.38 bits per heavy atom. The third kappa shape index (κ3) is 5.05. The van der Waals surface area contributed by atoms with E-state index in [1.165, 1.54) is 0 Å². The molecule has 7 nitrogen and oxygen atoms in total. The van der Waals surface area contributed by atoms with E-state index in [9.17, 15) is 9.59 Å².